The Morgan fingerprint density at radius 2 is 2.00 bits per heavy atom. The number of hydrogen-bond donors (Lipinski definition) is 1. The van der Waals surface area contributed by atoms with Crippen molar-refractivity contribution >= 4 is 5.97 Å². The molecular formula is C15H23NO3. The van der Waals surface area contributed by atoms with Gasteiger partial charge in [-0.05, 0) is 37.5 Å². The first-order chi connectivity index (χ1) is 8.88. The first-order valence-electron chi connectivity index (χ1n) is 6.39. The van der Waals surface area contributed by atoms with Crippen molar-refractivity contribution in [2.45, 2.75) is 33.2 Å². The molecule has 1 atom stereocenters. The highest BCUT2D eigenvalue weighted by Crippen LogP contribution is 2.34. The molecule has 1 unspecified atom stereocenters. The van der Waals surface area contributed by atoms with Gasteiger partial charge in [-0.1, -0.05) is 19.1 Å². The van der Waals surface area contributed by atoms with Crippen LogP contribution in [-0.4, -0.2) is 20.2 Å². The zero-order chi connectivity index (χ0) is 14.6. The smallest absolute Gasteiger partial charge is 0.313 e. The maximum atomic E-state index is 11.8. The summed E-state index contributed by atoms with van der Waals surface area (Å²) in [6.07, 6.45) is 0.850. The van der Waals surface area contributed by atoms with E-state index in [1.165, 1.54) is 7.11 Å². The number of carbonyl (C=O) groups is 1. The van der Waals surface area contributed by atoms with Gasteiger partial charge in [-0.15, -0.1) is 0 Å². The third kappa shape index (κ3) is 3.07. The molecule has 0 radical (unpaired) electrons. The lowest BCUT2D eigenvalue weighted by Gasteiger charge is -2.29. The number of carbonyl (C=O) groups excluding carboxylic acids is 1. The molecule has 0 spiro atoms. The predicted octanol–water partition coefficient (Wildman–Crippen LogP) is 2.46. The van der Waals surface area contributed by atoms with E-state index in [0.717, 1.165) is 23.3 Å². The van der Waals surface area contributed by atoms with Gasteiger partial charge in [-0.3, -0.25) is 4.79 Å². The van der Waals surface area contributed by atoms with Crippen molar-refractivity contribution < 1.29 is 14.3 Å². The molecule has 4 nitrogen and oxygen atoms in total. The summed E-state index contributed by atoms with van der Waals surface area (Å²) in [6.45, 7) is 5.64. The van der Waals surface area contributed by atoms with Crippen LogP contribution < -0.4 is 10.5 Å². The lowest BCUT2D eigenvalue weighted by Crippen LogP contribution is -2.37. The SMILES string of the molecule is CCc1cc(C(N)C(C)(C)C(=O)OC)ccc1OC. The molecule has 0 aromatic heterocycles. The Balaban J connectivity index is 3.13. The number of esters is 1. The summed E-state index contributed by atoms with van der Waals surface area (Å²) in [5.74, 6) is 0.531. The minimum absolute atomic E-state index is 0.311. The summed E-state index contributed by atoms with van der Waals surface area (Å²) in [5, 5.41) is 0. The van der Waals surface area contributed by atoms with Crippen molar-refractivity contribution in [2.75, 3.05) is 14.2 Å². The average Bonchev–Trinajstić information content (AvgIpc) is 2.44. The van der Waals surface area contributed by atoms with Gasteiger partial charge in [0.1, 0.15) is 5.75 Å². The first-order valence-corrected chi connectivity index (χ1v) is 6.39. The van der Waals surface area contributed by atoms with Crippen LogP contribution in [-0.2, 0) is 16.0 Å². The van der Waals surface area contributed by atoms with Gasteiger partial charge in [0.2, 0.25) is 0 Å². The molecule has 0 bridgehead atoms. The van der Waals surface area contributed by atoms with E-state index in [-0.39, 0.29) is 5.97 Å². The summed E-state index contributed by atoms with van der Waals surface area (Å²) in [7, 11) is 3.02. The average molecular weight is 265 g/mol. The van der Waals surface area contributed by atoms with Gasteiger partial charge in [-0.25, -0.2) is 0 Å². The van der Waals surface area contributed by atoms with Crippen LogP contribution in [0.15, 0.2) is 18.2 Å². The topological polar surface area (TPSA) is 61.6 Å². The molecule has 4 heteroatoms. The Hall–Kier alpha value is -1.55. The van der Waals surface area contributed by atoms with Crippen molar-refractivity contribution in [2.24, 2.45) is 11.1 Å². The predicted molar refractivity (Wildman–Crippen MR) is 75.1 cm³/mol. The zero-order valence-corrected chi connectivity index (χ0v) is 12.3. The van der Waals surface area contributed by atoms with Gasteiger partial charge >= 0.3 is 5.97 Å². The van der Waals surface area contributed by atoms with Crippen LogP contribution in [0.2, 0.25) is 0 Å². The molecule has 0 fully saturated rings. The second-order valence-corrected chi connectivity index (χ2v) is 5.12. The molecule has 106 valence electrons. The summed E-state index contributed by atoms with van der Waals surface area (Å²) >= 11 is 0. The number of nitrogens with two attached hydrogens (primary N) is 1. The van der Waals surface area contributed by atoms with Crippen molar-refractivity contribution in [1.82, 2.24) is 0 Å². The number of ether oxygens (including phenoxy) is 2. The quantitative estimate of drug-likeness (QED) is 0.831. The minimum atomic E-state index is -0.769. The molecule has 1 aromatic rings. The van der Waals surface area contributed by atoms with Crippen LogP contribution in [0.3, 0.4) is 0 Å². The number of methoxy groups -OCH3 is 2. The zero-order valence-electron chi connectivity index (χ0n) is 12.3. The van der Waals surface area contributed by atoms with Crippen LogP contribution in [0.25, 0.3) is 0 Å². The van der Waals surface area contributed by atoms with Crippen molar-refractivity contribution in [3.63, 3.8) is 0 Å². The molecule has 0 aliphatic rings. The van der Waals surface area contributed by atoms with Gasteiger partial charge in [0, 0.05) is 6.04 Å². The molecular weight excluding hydrogens is 242 g/mol. The fourth-order valence-electron chi connectivity index (χ4n) is 2.07. The van der Waals surface area contributed by atoms with Gasteiger partial charge < -0.3 is 15.2 Å². The third-order valence-corrected chi connectivity index (χ3v) is 3.53. The second kappa shape index (κ2) is 6.06. The van der Waals surface area contributed by atoms with Crippen LogP contribution >= 0.6 is 0 Å². The van der Waals surface area contributed by atoms with Crippen LogP contribution in [0.5, 0.6) is 5.75 Å². The van der Waals surface area contributed by atoms with E-state index in [0.29, 0.717) is 0 Å². The van der Waals surface area contributed by atoms with E-state index < -0.39 is 11.5 Å². The van der Waals surface area contributed by atoms with Gasteiger partial charge in [0.05, 0.1) is 19.6 Å². The summed E-state index contributed by atoms with van der Waals surface area (Å²) in [5.41, 5.74) is 7.44. The number of rotatable bonds is 5. The first kappa shape index (κ1) is 15.5. The molecule has 0 aliphatic heterocycles. The minimum Gasteiger partial charge on any atom is -0.496 e. The van der Waals surface area contributed by atoms with E-state index in [4.69, 9.17) is 15.2 Å². The van der Waals surface area contributed by atoms with Gasteiger partial charge in [0.25, 0.3) is 0 Å². The van der Waals surface area contributed by atoms with E-state index >= 15 is 0 Å². The van der Waals surface area contributed by atoms with E-state index in [2.05, 4.69) is 6.92 Å². The highest BCUT2D eigenvalue weighted by Gasteiger charge is 2.36. The van der Waals surface area contributed by atoms with Crippen molar-refractivity contribution in [1.29, 1.82) is 0 Å². The van der Waals surface area contributed by atoms with E-state index in [1.807, 2.05) is 18.2 Å². The molecule has 0 saturated carbocycles. The highest BCUT2D eigenvalue weighted by molar-refractivity contribution is 5.77. The fourth-order valence-corrected chi connectivity index (χ4v) is 2.07. The molecule has 19 heavy (non-hydrogen) atoms. The van der Waals surface area contributed by atoms with Crippen LogP contribution in [0, 0.1) is 5.41 Å². The maximum absolute atomic E-state index is 11.8. The molecule has 0 amide bonds. The normalized spacial score (nSPS) is 12.9. The van der Waals surface area contributed by atoms with Crippen molar-refractivity contribution in [3.8, 4) is 5.75 Å². The molecule has 0 heterocycles. The largest absolute Gasteiger partial charge is 0.496 e. The highest BCUT2D eigenvalue weighted by atomic mass is 16.5. The summed E-state index contributed by atoms with van der Waals surface area (Å²) in [6, 6.07) is 5.36. The monoisotopic (exact) mass is 265 g/mol. The Bertz CT molecular complexity index is 455. The fraction of sp³-hybridized carbons (Fsp3) is 0.533. The van der Waals surface area contributed by atoms with Crippen molar-refractivity contribution in [3.05, 3.63) is 29.3 Å². The number of hydrogen-bond acceptors (Lipinski definition) is 4. The Morgan fingerprint density at radius 1 is 1.37 bits per heavy atom. The van der Waals surface area contributed by atoms with Crippen LogP contribution in [0.4, 0.5) is 0 Å². The summed E-state index contributed by atoms with van der Waals surface area (Å²) in [4.78, 5) is 11.8. The Labute approximate surface area is 114 Å². The second-order valence-electron chi connectivity index (χ2n) is 5.12. The molecule has 2 N–H and O–H groups in total. The Morgan fingerprint density at radius 3 is 2.47 bits per heavy atom. The van der Waals surface area contributed by atoms with E-state index in [1.54, 1.807) is 21.0 Å². The number of benzene rings is 1. The molecule has 0 saturated heterocycles. The molecule has 0 aliphatic carbocycles. The molecule has 1 aromatic carbocycles. The van der Waals surface area contributed by atoms with Gasteiger partial charge in [-0.2, -0.15) is 0 Å². The Kier molecular flexibility index (Phi) is 4.95. The lowest BCUT2D eigenvalue weighted by molar-refractivity contribution is -0.152. The maximum Gasteiger partial charge on any atom is 0.313 e. The van der Waals surface area contributed by atoms with Gasteiger partial charge in [0.15, 0.2) is 0 Å². The van der Waals surface area contributed by atoms with E-state index in [9.17, 15) is 4.79 Å². The van der Waals surface area contributed by atoms with Crippen LogP contribution in [0.1, 0.15) is 37.9 Å². The number of aryl methyl sites for hydroxylation is 1. The third-order valence-electron chi connectivity index (χ3n) is 3.53. The standard InChI is InChI=1S/C15H23NO3/c1-6-10-9-11(7-8-12(10)18-4)13(16)15(2,3)14(17)19-5/h7-9,13H,6,16H2,1-5H3. The summed E-state index contributed by atoms with van der Waals surface area (Å²) < 4.78 is 10.1. The lowest BCUT2D eigenvalue weighted by atomic mass is 9.80. The molecule has 1 rings (SSSR count).